The fourth-order valence-electron chi connectivity index (χ4n) is 4.44. The second-order valence-electron chi connectivity index (χ2n) is 10.7. The molecule has 41 heavy (non-hydrogen) atoms. The van der Waals surface area contributed by atoms with Crippen LogP contribution in [-0.4, -0.2) is 81.2 Å². The number of thioether (sulfide) groups is 2. The van der Waals surface area contributed by atoms with Crippen LogP contribution in [0.3, 0.4) is 0 Å². The van der Waals surface area contributed by atoms with E-state index in [4.69, 9.17) is 0 Å². The van der Waals surface area contributed by atoms with Crippen LogP contribution in [0.1, 0.15) is 91.9 Å². The van der Waals surface area contributed by atoms with Crippen molar-refractivity contribution in [2.24, 2.45) is 5.92 Å². The van der Waals surface area contributed by atoms with Crippen molar-refractivity contribution < 1.29 is 33.9 Å². The molecule has 0 bridgehead atoms. The van der Waals surface area contributed by atoms with Gasteiger partial charge < -0.3 is 26.4 Å². The maximum atomic E-state index is 13.4. The molecule has 3 amide bonds. The van der Waals surface area contributed by atoms with Gasteiger partial charge in [0, 0.05) is 25.4 Å². The number of carbonyl (C=O) groups excluding carboxylic acids is 5. The number of hydrogen-bond acceptors (Lipinski definition) is 9. The molecule has 1 aliphatic heterocycles. The second kappa shape index (κ2) is 20.7. The predicted molar refractivity (Wildman–Crippen MR) is 163 cm³/mol. The number of carbonyl (C=O) groups is 6. The minimum absolute atomic E-state index is 0.0430. The first-order chi connectivity index (χ1) is 19.4. The highest BCUT2D eigenvalue weighted by molar-refractivity contribution is 8.13. The van der Waals surface area contributed by atoms with Crippen LogP contribution in [0.15, 0.2) is 0 Å². The van der Waals surface area contributed by atoms with Gasteiger partial charge in [-0.25, -0.2) is 4.79 Å². The van der Waals surface area contributed by atoms with Crippen molar-refractivity contribution in [3.63, 3.8) is 0 Å². The van der Waals surface area contributed by atoms with Gasteiger partial charge in [-0.15, -0.1) is 0 Å². The molecule has 0 saturated carbocycles. The van der Waals surface area contributed by atoms with Gasteiger partial charge in [0.05, 0.1) is 6.04 Å². The Morgan fingerprint density at radius 1 is 0.780 bits per heavy atom. The summed E-state index contributed by atoms with van der Waals surface area (Å²) in [6.45, 7) is 7.15. The molecule has 1 rings (SSSR count). The van der Waals surface area contributed by atoms with E-state index in [2.05, 4.69) is 21.3 Å². The maximum Gasteiger partial charge on any atom is 0.326 e. The normalized spacial score (nSPS) is 17.0. The van der Waals surface area contributed by atoms with E-state index >= 15 is 0 Å². The van der Waals surface area contributed by atoms with E-state index in [0.29, 0.717) is 43.6 Å². The van der Waals surface area contributed by atoms with Gasteiger partial charge in [-0.05, 0) is 51.0 Å². The molecule has 5 N–H and O–H groups in total. The van der Waals surface area contributed by atoms with Crippen LogP contribution in [0.25, 0.3) is 0 Å². The van der Waals surface area contributed by atoms with Gasteiger partial charge in [0.1, 0.15) is 18.1 Å². The molecule has 1 aliphatic rings. The highest BCUT2D eigenvalue weighted by atomic mass is 32.2. The average Bonchev–Trinajstić information content (AvgIpc) is 3.44. The Kier molecular flexibility index (Phi) is 18.6. The van der Waals surface area contributed by atoms with Crippen molar-refractivity contribution in [1.82, 2.24) is 21.3 Å². The minimum Gasteiger partial charge on any atom is -0.480 e. The van der Waals surface area contributed by atoms with Crippen LogP contribution >= 0.6 is 23.5 Å². The van der Waals surface area contributed by atoms with Crippen LogP contribution < -0.4 is 21.3 Å². The highest BCUT2D eigenvalue weighted by Crippen LogP contribution is 2.14. The van der Waals surface area contributed by atoms with Gasteiger partial charge in [0.15, 0.2) is 10.2 Å². The van der Waals surface area contributed by atoms with Crippen LogP contribution in [0.5, 0.6) is 0 Å². The third-order valence-corrected chi connectivity index (χ3v) is 8.56. The molecule has 0 aromatic rings. The van der Waals surface area contributed by atoms with E-state index in [0.717, 1.165) is 38.6 Å². The number of nitrogens with one attached hydrogen (secondary N) is 4. The lowest BCUT2D eigenvalue weighted by Crippen LogP contribution is -2.57. The Hall–Kier alpha value is -2.12. The summed E-state index contributed by atoms with van der Waals surface area (Å²) in [4.78, 5) is 73.5. The lowest BCUT2D eigenvalue weighted by molar-refractivity contribution is -0.143. The molecular formula is C28H48N4O7S2. The van der Waals surface area contributed by atoms with Gasteiger partial charge in [-0.1, -0.05) is 63.1 Å². The Morgan fingerprint density at radius 2 is 1.29 bits per heavy atom. The third-order valence-electron chi connectivity index (χ3n) is 6.76. The van der Waals surface area contributed by atoms with Crippen molar-refractivity contribution in [3.8, 4) is 0 Å². The number of carboxylic acids is 1. The van der Waals surface area contributed by atoms with Crippen LogP contribution in [0.4, 0.5) is 0 Å². The molecule has 4 atom stereocenters. The molecule has 0 aromatic heterocycles. The van der Waals surface area contributed by atoms with Crippen LogP contribution in [0, 0.1) is 5.92 Å². The fourth-order valence-corrected chi connectivity index (χ4v) is 5.72. The molecule has 0 spiro atoms. The quantitative estimate of drug-likeness (QED) is 0.128. The molecule has 13 heteroatoms. The van der Waals surface area contributed by atoms with E-state index in [9.17, 15) is 33.9 Å². The number of unbranched alkanes of at least 4 members (excludes halogenated alkanes) is 4. The fraction of sp³-hybridized carbons (Fsp3) is 0.786. The first kappa shape index (κ1) is 36.9. The highest BCUT2D eigenvalue weighted by Gasteiger charge is 2.32. The van der Waals surface area contributed by atoms with Crippen molar-refractivity contribution in [3.05, 3.63) is 0 Å². The van der Waals surface area contributed by atoms with Crippen molar-refractivity contribution in [1.29, 1.82) is 0 Å². The zero-order valence-electron chi connectivity index (χ0n) is 24.8. The Balaban J connectivity index is 2.91. The third kappa shape index (κ3) is 16.2. The monoisotopic (exact) mass is 616 g/mol. The number of rotatable bonds is 20. The number of amides is 3. The van der Waals surface area contributed by atoms with Crippen molar-refractivity contribution in [2.75, 3.05) is 18.1 Å². The largest absolute Gasteiger partial charge is 0.480 e. The number of hydrogen-bond donors (Lipinski definition) is 5. The molecule has 0 aliphatic carbocycles. The molecule has 1 heterocycles. The summed E-state index contributed by atoms with van der Waals surface area (Å²) in [5, 5.41) is 21.0. The maximum absolute atomic E-state index is 13.4. The molecule has 1 saturated heterocycles. The number of aliphatic carboxylic acids is 1. The summed E-state index contributed by atoms with van der Waals surface area (Å²) < 4.78 is 0. The van der Waals surface area contributed by atoms with Gasteiger partial charge in [-0.2, -0.15) is 0 Å². The summed E-state index contributed by atoms with van der Waals surface area (Å²) in [6, 6.07) is -3.30. The summed E-state index contributed by atoms with van der Waals surface area (Å²) >= 11 is 2.50. The van der Waals surface area contributed by atoms with Crippen molar-refractivity contribution in [2.45, 2.75) is 116 Å². The van der Waals surface area contributed by atoms with Gasteiger partial charge in [0.2, 0.25) is 17.7 Å². The molecule has 1 fully saturated rings. The zero-order chi connectivity index (χ0) is 30.8. The minimum atomic E-state index is -1.16. The summed E-state index contributed by atoms with van der Waals surface area (Å²) in [5.74, 6) is -1.48. The first-order valence-corrected chi connectivity index (χ1v) is 16.5. The average molecular weight is 617 g/mol. The lowest BCUT2D eigenvalue weighted by atomic mass is 10.0. The lowest BCUT2D eigenvalue weighted by Gasteiger charge is -2.26. The standard InChI is InChI=1S/C28H48N4O7S2/c1-18(2)24(28(38)39)32-27(37)23(13-8-6-10-17-41-20(4)34)31-26(36)22(12-7-5-9-16-40-19(3)33)30-25(35)21-14-11-15-29-21/h18,21-24,29H,5-17H2,1-4H3,(H,30,35)(H,31,36)(H,32,37)(H,38,39)/t21-,22-,23-,24-/m0/s1. The first-order valence-electron chi connectivity index (χ1n) is 14.6. The van der Waals surface area contributed by atoms with E-state index in [1.165, 1.54) is 37.4 Å². The zero-order valence-corrected chi connectivity index (χ0v) is 26.4. The molecule has 234 valence electrons. The summed E-state index contributed by atoms with van der Waals surface area (Å²) in [5.41, 5.74) is 0. The van der Waals surface area contributed by atoms with Crippen molar-refractivity contribution >= 4 is 57.4 Å². The Bertz CT molecular complexity index is 882. The van der Waals surface area contributed by atoms with Gasteiger partial charge in [0.25, 0.3) is 0 Å². The smallest absolute Gasteiger partial charge is 0.326 e. The summed E-state index contributed by atoms with van der Waals surface area (Å²) in [7, 11) is 0. The Morgan fingerprint density at radius 3 is 1.73 bits per heavy atom. The van der Waals surface area contributed by atoms with E-state index in [1.54, 1.807) is 13.8 Å². The molecule has 0 radical (unpaired) electrons. The van der Waals surface area contributed by atoms with E-state index in [1.807, 2.05) is 0 Å². The van der Waals surface area contributed by atoms with E-state index in [-0.39, 0.29) is 28.1 Å². The SMILES string of the molecule is CC(=O)SCCCCC[C@H](NC(=O)[C@@H]1CCCN1)C(=O)N[C@@H](CCCCCSC(C)=O)C(=O)N[C@H](C(=O)O)C(C)C. The van der Waals surface area contributed by atoms with Gasteiger partial charge >= 0.3 is 5.97 Å². The number of carboxylic acid groups (broad SMARTS) is 1. The van der Waals surface area contributed by atoms with Gasteiger partial charge in [-0.3, -0.25) is 24.0 Å². The Labute approximate surface area is 252 Å². The molecular weight excluding hydrogens is 568 g/mol. The van der Waals surface area contributed by atoms with Crippen LogP contribution in [0.2, 0.25) is 0 Å². The second-order valence-corrected chi connectivity index (χ2v) is 13.3. The molecule has 0 unspecified atom stereocenters. The molecule has 0 aromatic carbocycles. The van der Waals surface area contributed by atoms with Crippen LogP contribution in [-0.2, 0) is 28.8 Å². The summed E-state index contributed by atoms with van der Waals surface area (Å²) in [6.07, 6.45) is 6.53. The topological polar surface area (TPSA) is 171 Å². The van der Waals surface area contributed by atoms with E-state index < -0.39 is 35.9 Å². The molecule has 11 nitrogen and oxygen atoms in total. The predicted octanol–water partition coefficient (Wildman–Crippen LogP) is 2.61.